The highest BCUT2D eigenvalue weighted by Gasteiger charge is 2.25. The second-order valence-electron chi connectivity index (χ2n) is 5.12. The Labute approximate surface area is 140 Å². The summed E-state index contributed by atoms with van der Waals surface area (Å²) in [7, 11) is -2.62. The maximum absolute atomic E-state index is 13.1. The topological polar surface area (TPSA) is 63.7 Å². The van der Waals surface area contributed by atoms with Gasteiger partial charge in [-0.15, -0.1) is 0 Å². The second-order valence-corrected chi connectivity index (χ2v) is 6.98. The fourth-order valence-electron chi connectivity index (χ4n) is 2.33. The zero-order valence-corrected chi connectivity index (χ0v) is 14.4. The second kappa shape index (κ2) is 7.00. The van der Waals surface area contributed by atoms with Crippen LogP contribution < -0.4 is 4.31 Å². The van der Waals surface area contributed by atoms with Gasteiger partial charge in [0.1, 0.15) is 5.82 Å². The van der Waals surface area contributed by atoms with E-state index >= 15 is 0 Å². The summed E-state index contributed by atoms with van der Waals surface area (Å²) in [5, 5.41) is 0. The number of ether oxygens (including phenoxy) is 1. The molecule has 128 valence electrons. The zero-order valence-electron chi connectivity index (χ0n) is 13.6. The first-order valence-electron chi connectivity index (χ1n) is 7.28. The Hall–Kier alpha value is -2.41. The molecule has 0 aromatic heterocycles. The molecule has 0 unspecified atom stereocenters. The molecule has 0 aliphatic carbocycles. The fraction of sp³-hybridized carbons (Fsp3) is 0.235. The minimum Gasteiger partial charge on any atom is -0.465 e. The molecule has 5 nitrogen and oxygen atoms in total. The number of hydrogen-bond acceptors (Lipinski definition) is 4. The van der Waals surface area contributed by atoms with Crippen LogP contribution in [0.4, 0.5) is 10.1 Å². The SMILES string of the molecule is CCN(c1cc(C(=O)OC)ccc1C)S(=O)(=O)c1ccc(F)cc1. The summed E-state index contributed by atoms with van der Waals surface area (Å²) in [5.41, 5.74) is 1.32. The van der Waals surface area contributed by atoms with Crippen LogP contribution in [0.5, 0.6) is 0 Å². The van der Waals surface area contributed by atoms with Gasteiger partial charge in [0.05, 0.1) is 23.3 Å². The molecule has 24 heavy (non-hydrogen) atoms. The summed E-state index contributed by atoms with van der Waals surface area (Å²) in [4.78, 5) is 11.7. The van der Waals surface area contributed by atoms with E-state index < -0.39 is 21.8 Å². The minimum atomic E-state index is -3.88. The van der Waals surface area contributed by atoms with Gasteiger partial charge in [-0.3, -0.25) is 4.31 Å². The third-order valence-corrected chi connectivity index (χ3v) is 5.49. The van der Waals surface area contributed by atoms with Crippen LogP contribution in [-0.2, 0) is 14.8 Å². The predicted molar refractivity (Wildman–Crippen MR) is 89.1 cm³/mol. The van der Waals surface area contributed by atoms with Crippen molar-refractivity contribution in [1.82, 2.24) is 0 Å². The largest absolute Gasteiger partial charge is 0.465 e. The molecular formula is C17H18FNO4S. The Bertz CT molecular complexity index is 847. The lowest BCUT2D eigenvalue weighted by Crippen LogP contribution is -2.31. The van der Waals surface area contributed by atoms with E-state index in [2.05, 4.69) is 4.74 Å². The number of carbonyl (C=O) groups is 1. The lowest BCUT2D eigenvalue weighted by atomic mass is 10.1. The molecule has 0 fully saturated rings. The third kappa shape index (κ3) is 3.41. The molecule has 0 aliphatic heterocycles. The molecule has 7 heteroatoms. The van der Waals surface area contributed by atoms with E-state index in [4.69, 9.17) is 0 Å². The standard InChI is InChI=1S/C17H18FNO4S/c1-4-19(24(21,22)15-9-7-14(18)8-10-15)16-11-13(17(20)23-3)6-5-12(16)2/h5-11H,4H2,1-3H3. The number of benzene rings is 2. The van der Waals surface area contributed by atoms with Gasteiger partial charge in [0.2, 0.25) is 0 Å². The van der Waals surface area contributed by atoms with Crippen LogP contribution in [-0.4, -0.2) is 28.0 Å². The van der Waals surface area contributed by atoms with Gasteiger partial charge in [-0.25, -0.2) is 17.6 Å². The van der Waals surface area contributed by atoms with Crippen molar-refractivity contribution in [2.75, 3.05) is 18.0 Å². The Kier molecular flexibility index (Phi) is 5.23. The maximum atomic E-state index is 13.1. The number of halogens is 1. The molecule has 0 radical (unpaired) electrons. The predicted octanol–water partition coefficient (Wildman–Crippen LogP) is 3.14. The number of aryl methyl sites for hydroxylation is 1. The molecule has 0 bridgehead atoms. The Balaban J connectivity index is 2.55. The zero-order chi connectivity index (χ0) is 17.9. The summed E-state index contributed by atoms with van der Waals surface area (Å²) in [6.07, 6.45) is 0. The summed E-state index contributed by atoms with van der Waals surface area (Å²) in [5.74, 6) is -1.06. The number of carbonyl (C=O) groups excluding carboxylic acids is 1. The molecule has 2 rings (SSSR count). The highest BCUT2D eigenvalue weighted by atomic mass is 32.2. The average Bonchev–Trinajstić information content (AvgIpc) is 2.56. The number of methoxy groups -OCH3 is 1. The molecule has 2 aromatic rings. The lowest BCUT2D eigenvalue weighted by Gasteiger charge is -2.25. The number of anilines is 1. The van der Waals surface area contributed by atoms with Crippen molar-refractivity contribution in [2.45, 2.75) is 18.7 Å². The molecular weight excluding hydrogens is 333 g/mol. The van der Waals surface area contributed by atoms with Gasteiger partial charge in [-0.1, -0.05) is 6.07 Å². The first-order chi connectivity index (χ1) is 11.3. The molecule has 2 aromatic carbocycles. The van der Waals surface area contributed by atoms with Crippen LogP contribution >= 0.6 is 0 Å². The maximum Gasteiger partial charge on any atom is 0.337 e. The summed E-state index contributed by atoms with van der Waals surface area (Å²) in [6.45, 7) is 3.59. The molecule has 0 atom stereocenters. The molecule has 0 amide bonds. The van der Waals surface area contributed by atoms with Crippen LogP contribution in [0.25, 0.3) is 0 Å². The van der Waals surface area contributed by atoms with Crippen molar-refractivity contribution in [2.24, 2.45) is 0 Å². The van der Waals surface area contributed by atoms with Crippen molar-refractivity contribution in [3.05, 3.63) is 59.4 Å². The van der Waals surface area contributed by atoms with Crippen LogP contribution in [0.2, 0.25) is 0 Å². The van der Waals surface area contributed by atoms with E-state index in [0.717, 1.165) is 12.1 Å². The first kappa shape index (κ1) is 17.9. The quantitative estimate of drug-likeness (QED) is 0.777. The van der Waals surface area contributed by atoms with E-state index in [9.17, 15) is 17.6 Å². The van der Waals surface area contributed by atoms with E-state index in [1.165, 1.54) is 29.6 Å². The smallest absolute Gasteiger partial charge is 0.337 e. The number of nitrogens with zero attached hydrogens (tertiary/aromatic N) is 1. The normalized spacial score (nSPS) is 11.2. The average molecular weight is 351 g/mol. The highest BCUT2D eigenvalue weighted by molar-refractivity contribution is 7.92. The van der Waals surface area contributed by atoms with Gasteiger partial charge in [0, 0.05) is 6.54 Å². The molecule has 0 aliphatic rings. The highest BCUT2D eigenvalue weighted by Crippen LogP contribution is 2.28. The van der Waals surface area contributed by atoms with Gasteiger partial charge in [-0.2, -0.15) is 0 Å². The van der Waals surface area contributed by atoms with Gasteiger partial charge in [0.25, 0.3) is 10.0 Å². The number of esters is 1. The van der Waals surface area contributed by atoms with Crippen LogP contribution in [0.3, 0.4) is 0 Å². The molecule has 0 saturated heterocycles. The van der Waals surface area contributed by atoms with Crippen molar-refractivity contribution in [1.29, 1.82) is 0 Å². The Morgan fingerprint density at radius 1 is 1.17 bits per heavy atom. The molecule has 0 saturated carbocycles. The third-order valence-electron chi connectivity index (χ3n) is 3.59. The Morgan fingerprint density at radius 2 is 1.79 bits per heavy atom. The number of rotatable bonds is 5. The van der Waals surface area contributed by atoms with Crippen LogP contribution in [0, 0.1) is 12.7 Å². The van der Waals surface area contributed by atoms with Gasteiger partial charge < -0.3 is 4.74 Å². The van der Waals surface area contributed by atoms with Crippen LogP contribution in [0.1, 0.15) is 22.8 Å². The van der Waals surface area contributed by atoms with Crippen molar-refractivity contribution >= 4 is 21.7 Å². The van der Waals surface area contributed by atoms with Gasteiger partial charge in [0.15, 0.2) is 0 Å². The van der Waals surface area contributed by atoms with Crippen molar-refractivity contribution in [3.63, 3.8) is 0 Å². The summed E-state index contributed by atoms with van der Waals surface area (Å²) < 4.78 is 44.7. The summed E-state index contributed by atoms with van der Waals surface area (Å²) >= 11 is 0. The molecule has 0 heterocycles. The number of hydrogen-bond donors (Lipinski definition) is 0. The van der Waals surface area contributed by atoms with E-state index in [0.29, 0.717) is 11.3 Å². The van der Waals surface area contributed by atoms with E-state index in [1.807, 2.05) is 0 Å². The fourth-order valence-corrected chi connectivity index (χ4v) is 3.86. The van der Waals surface area contributed by atoms with E-state index in [1.54, 1.807) is 26.0 Å². The van der Waals surface area contributed by atoms with Gasteiger partial charge in [-0.05, 0) is 55.8 Å². The van der Waals surface area contributed by atoms with Crippen LogP contribution in [0.15, 0.2) is 47.4 Å². The Morgan fingerprint density at radius 3 is 2.33 bits per heavy atom. The van der Waals surface area contributed by atoms with Gasteiger partial charge >= 0.3 is 5.97 Å². The first-order valence-corrected chi connectivity index (χ1v) is 8.72. The number of sulfonamides is 1. The van der Waals surface area contributed by atoms with Crippen molar-refractivity contribution in [3.8, 4) is 0 Å². The minimum absolute atomic E-state index is 0.0198. The lowest BCUT2D eigenvalue weighted by molar-refractivity contribution is 0.0600. The van der Waals surface area contributed by atoms with Crippen molar-refractivity contribution < 1.29 is 22.3 Å². The molecule has 0 spiro atoms. The van der Waals surface area contributed by atoms with E-state index in [-0.39, 0.29) is 17.0 Å². The summed E-state index contributed by atoms with van der Waals surface area (Å²) in [6, 6.07) is 9.33. The monoisotopic (exact) mass is 351 g/mol. The molecule has 0 N–H and O–H groups in total.